The fourth-order valence-electron chi connectivity index (χ4n) is 1.73. The van der Waals surface area contributed by atoms with E-state index in [0.717, 1.165) is 5.52 Å². The van der Waals surface area contributed by atoms with Gasteiger partial charge in [0.05, 0.1) is 5.69 Å². The lowest BCUT2D eigenvalue weighted by Crippen LogP contribution is -2.03. The molecule has 2 aromatic rings. The minimum atomic E-state index is -0.327. The topological polar surface area (TPSA) is 58.9 Å². The molecule has 0 aliphatic heterocycles. The van der Waals surface area contributed by atoms with Gasteiger partial charge in [-0.1, -0.05) is 0 Å². The van der Waals surface area contributed by atoms with Gasteiger partial charge < -0.3 is 10.7 Å². The van der Waals surface area contributed by atoms with Crippen LogP contribution in [0.2, 0.25) is 0 Å². The number of Topliss-reactive ketones (excluding diaryl/α,β-unsaturated/α-hetero) is 1. The molecular weight excluding hydrogens is 195 g/mol. The Morgan fingerprint density at radius 2 is 2.27 bits per heavy atom. The van der Waals surface area contributed by atoms with Crippen LogP contribution in [0.1, 0.15) is 23.0 Å². The predicted molar refractivity (Wildman–Crippen MR) is 56.2 cm³/mol. The van der Waals surface area contributed by atoms with Crippen LogP contribution in [0.5, 0.6) is 0 Å². The molecule has 1 aromatic heterocycles. The maximum absolute atomic E-state index is 13.0. The molecule has 0 bridgehead atoms. The molecule has 0 saturated heterocycles. The number of hydrogen-bond donors (Lipinski definition) is 2. The van der Waals surface area contributed by atoms with E-state index in [0.29, 0.717) is 16.6 Å². The molecule has 2 rings (SSSR count). The van der Waals surface area contributed by atoms with E-state index >= 15 is 0 Å². The number of hydrogen-bond acceptors (Lipinski definition) is 2. The summed E-state index contributed by atoms with van der Waals surface area (Å²) in [6, 6.07) is 4.35. The SMILES string of the molecule is CC(=O)c1[nH]c2ccc(F)cc2c1CN. The van der Waals surface area contributed by atoms with Crippen LogP contribution in [-0.4, -0.2) is 10.8 Å². The molecule has 78 valence electrons. The summed E-state index contributed by atoms with van der Waals surface area (Å²) in [4.78, 5) is 14.2. The Morgan fingerprint density at radius 1 is 1.53 bits per heavy atom. The van der Waals surface area contributed by atoms with Gasteiger partial charge in [-0.25, -0.2) is 4.39 Å². The number of aromatic amines is 1. The smallest absolute Gasteiger partial charge is 0.176 e. The van der Waals surface area contributed by atoms with Crippen molar-refractivity contribution < 1.29 is 9.18 Å². The van der Waals surface area contributed by atoms with Crippen LogP contribution in [0, 0.1) is 5.82 Å². The highest BCUT2D eigenvalue weighted by Gasteiger charge is 2.13. The van der Waals surface area contributed by atoms with Crippen molar-refractivity contribution >= 4 is 16.7 Å². The van der Waals surface area contributed by atoms with Crippen molar-refractivity contribution in [2.75, 3.05) is 0 Å². The van der Waals surface area contributed by atoms with Crippen LogP contribution in [0.25, 0.3) is 10.9 Å². The molecular formula is C11H11FN2O. The lowest BCUT2D eigenvalue weighted by Gasteiger charge is -1.96. The highest BCUT2D eigenvalue weighted by molar-refractivity contribution is 6.00. The average Bonchev–Trinajstić information content (AvgIpc) is 2.55. The number of carbonyl (C=O) groups is 1. The molecule has 1 heterocycles. The molecule has 4 heteroatoms. The first-order valence-corrected chi connectivity index (χ1v) is 4.64. The number of fused-ring (bicyclic) bond motifs is 1. The fourth-order valence-corrected chi connectivity index (χ4v) is 1.73. The monoisotopic (exact) mass is 206 g/mol. The van der Waals surface area contributed by atoms with Gasteiger partial charge in [-0.3, -0.25) is 4.79 Å². The van der Waals surface area contributed by atoms with E-state index < -0.39 is 0 Å². The molecule has 15 heavy (non-hydrogen) atoms. The zero-order valence-corrected chi connectivity index (χ0v) is 8.30. The second-order valence-corrected chi connectivity index (χ2v) is 3.43. The third-order valence-corrected chi connectivity index (χ3v) is 2.42. The van der Waals surface area contributed by atoms with Gasteiger partial charge >= 0.3 is 0 Å². The zero-order valence-electron chi connectivity index (χ0n) is 8.30. The first-order valence-electron chi connectivity index (χ1n) is 4.64. The number of halogens is 1. The van der Waals surface area contributed by atoms with Gasteiger partial charge in [0, 0.05) is 29.9 Å². The summed E-state index contributed by atoms with van der Waals surface area (Å²) in [7, 11) is 0. The van der Waals surface area contributed by atoms with E-state index in [9.17, 15) is 9.18 Å². The van der Waals surface area contributed by atoms with E-state index in [1.165, 1.54) is 19.1 Å². The van der Waals surface area contributed by atoms with E-state index in [1.807, 2.05) is 0 Å². The normalized spacial score (nSPS) is 10.9. The Bertz CT molecular complexity index is 531. The highest BCUT2D eigenvalue weighted by Crippen LogP contribution is 2.23. The van der Waals surface area contributed by atoms with Gasteiger partial charge in [0.15, 0.2) is 5.78 Å². The molecule has 0 unspecified atom stereocenters. The van der Waals surface area contributed by atoms with Gasteiger partial charge in [0.1, 0.15) is 5.82 Å². The first-order chi connectivity index (χ1) is 7.13. The molecule has 0 atom stereocenters. The molecule has 0 aliphatic carbocycles. The lowest BCUT2D eigenvalue weighted by atomic mass is 10.1. The van der Waals surface area contributed by atoms with Gasteiger partial charge in [-0.15, -0.1) is 0 Å². The molecule has 0 spiro atoms. The summed E-state index contributed by atoms with van der Waals surface area (Å²) >= 11 is 0. The van der Waals surface area contributed by atoms with Crippen LogP contribution >= 0.6 is 0 Å². The summed E-state index contributed by atoms with van der Waals surface area (Å²) in [5.74, 6) is -0.418. The Labute approximate surface area is 86.1 Å². The van der Waals surface area contributed by atoms with Crippen molar-refractivity contribution in [3.05, 3.63) is 35.3 Å². The first kappa shape index (κ1) is 9.86. The molecule has 1 aromatic carbocycles. The molecule has 0 amide bonds. The second kappa shape index (κ2) is 3.47. The minimum absolute atomic E-state index is 0.0907. The summed E-state index contributed by atoms with van der Waals surface area (Å²) in [6.45, 7) is 1.68. The summed E-state index contributed by atoms with van der Waals surface area (Å²) in [5.41, 5.74) is 7.44. The van der Waals surface area contributed by atoms with Gasteiger partial charge in [-0.2, -0.15) is 0 Å². The van der Waals surface area contributed by atoms with Crippen LogP contribution in [0.15, 0.2) is 18.2 Å². The molecule has 0 aliphatic rings. The average molecular weight is 206 g/mol. The van der Waals surface area contributed by atoms with Gasteiger partial charge in [0.2, 0.25) is 0 Å². The molecule has 0 saturated carbocycles. The van der Waals surface area contributed by atoms with E-state index in [4.69, 9.17) is 5.73 Å². The molecule has 0 fully saturated rings. The zero-order chi connectivity index (χ0) is 11.0. The van der Waals surface area contributed by atoms with Crippen molar-refractivity contribution in [3.63, 3.8) is 0 Å². The number of aromatic nitrogens is 1. The van der Waals surface area contributed by atoms with Gasteiger partial charge in [-0.05, 0) is 18.2 Å². The predicted octanol–water partition coefficient (Wildman–Crippen LogP) is 1.97. The maximum atomic E-state index is 13.0. The minimum Gasteiger partial charge on any atom is -0.352 e. The van der Waals surface area contributed by atoms with Crippen LogP contribution in [0.4, 0.5) is 4.39 Å². The molecule has 3 N–H and O–H groups in total. The lowest BCUT2D eigenvalue weighted by molar-refractivity contribution is 0.101. The van der Waals surface area contributed by atoms with Crippen molar-refractivity contribution in [1.82, 2.24) is 4.98 Å². The van der Waals surface area contributed by atoms with Crippen molar-refractivity contribution in [1.29, 1.82) is 0 Å². The number of rotatable bonds is 2. The number of carbonyl (C=O) groups excluding carboxylic acids is 1. The van der Waals surface area contributed by atoms with Crippen molar-refractivity contribution in [2.45, 2.75) is 13.5 Å². The molecule has 0 radical (unpaired) electrons. The number of H-pyrrole nitrogens is 1. The van der Waals surface area contributed by atoms with Crippen molar-refractivity contribution in [2.24, 2.45) is 5.73 Å². The number of benzene rings is 1. The van der Waals surface area contributed by atoms with Crippen LogP contribution in [-0.2, 0) is 6.54 Å². The third kappa shape index (κ3) is 1.53. The van der Waals surface area contributed by atoms with Gasteiger partial charge in [0.25, 0.3) is 0 Å². The summed E-state index contributed by atoms with van der Waals surface area (Å²) in [6.07, 6.45) is 0. The number of ketones is 1. The van der Waals surface area contributed by atoms with Crippen LogP contribution in [0.3, 0.4) is 0 Å². The van der Waals surface area contributed by atoms with E-state index in [-0.39, 0.29) is 18.1 Å². The van der Waals surface area contributed by atoms with Crippen molar-refractivity contribution in [3.8, 4) is 0 Å². The number of nitrogens with two attached hydrogens (primary N) is 1. The Balaban J connectivity index is 2.79. The number of nitrogens with one attached hydrogen (secondary N) is 1. The second-order valence-electron chi connectivity index (χ2n) is 3.43. The Morgan fingerprint density at radius 3 is 2.87 bits per heavy atom. The Hall–Kier alpha value is -1.68. The van der Waals surface area contributed by atoms with E-state index in [2.05, 4.69) is 4.98 Å². The highest BCUT2D eigenvalue weighted by atomic mass is 19.1. The maximum Gasteiger partial charge on any atom is 0.176 e. The van der Waals surface area contributed by atoms with Crippen LogP contribution < -0.4 is 5.73 Å². The molecule has 3 nitrogen and oxygen atoms in total. The summed E-state index contributed by atoms with van der Waals surface area (Å²) in [5, 5.41) is 0.683. The summed E-state index contributed by atoms with van der Waals surface area (Å²) < 4.78 is 13.0. The Kier molecular flexibility index (Phi) is 2.28. The largest absolute Gasteiger partial charge is 0.352 e. The standard InChI is InChI=1S/C11H11FN2O/c1-6(15)11-9(5-13)8-4-7(12)2-3-10(8)14-11/h2-4,14H,5,13H2,1H3. The fraction of sp³-hybridized carbons (Fsp3) is 0.182. The van der Waals surface area contributed by atoms with E-state index in [1.54, 1.807) is 6.07 Å². The quantitative estimate of drug-likeness (QED) is 0.738. The third-order valence-electron chi connectivity index (χ3n) is 2.42.